The van der Waals surface area contributed by atoms with Crippen LogP contribution in [-0.4, -0.2) is 100 Å². The third-order valence-corrected chi connectivity index (χ3v) is 17.7. The molecule has 0 spiro atoms. The zero-order chi connectivity index (χ0) is 63.7. The number of hydrogen-bond donors (Lipinski definition) is 6. The van der Waals surface area contributed by atoms with Crippen LogP contribution in [0.5, 0.6) is 0 Å². The van der Waals surface area contributed by atoms with E-state index in [0.29, 0.717) is 19.4 Å². The maximum absolute atomic E-state index is 13.0. The normalized spacial score (nSPS) is 18.1. The van der Waals surface area contributed by atoms with Crippen LogP contribution in [0.1, 0.15) is 354 Å². The van der Waals surface area contributed by atoms with E-state index in [2.05, 4.69) is 54.8 Å². The lowest BCUT2D eigenvalue weighted by atomic mass is 9.99. The van der Waals surface area contributed by atoms with Gasteiger partial charge in [0.2, 0.25) is 5.91 Å². The molecule has 0 aromatic rings. The van der Waals surface area contributed by atoms with Crippen LogP contribution < -0.4 is 5.32 Å². The van der Waals surface area contributed by atoms with Crippen LogP contribution in [0.3, 0.4) is 0 Å². The number of ether oxygens (including phenoxy) is 3. The van der Waals surface area contributed by atoms with Gasteiger partial charge in [-0.2, -0.15) is 0 Å². The number of allylic oxidation sites excluding steroid dienone is 9. The number of hydrogen-bond acceptors (Lipinski definition) is 10. The molecule has 1 aliphatic heterocycles. The van der Waals surface area contributed by atoms with Gasteiger partial charge in [0.1, 0.15) is 24.4 Å². The van der Waals surface area contributed by atoms with Crippen molar-refractivity contribution in [3.8, 4) is 0 Å². The molecule has 1 heterocycles. The van der Waals surface area contributed by atoms with E-state index in [1.807, 2.05) is 19.1 Å². The van der Waals surface area contributed by atoms with Crippen LogP contribution >= 0.6 is 0 Å². The van der Waals surface area contributed by atoms with E-state index in [9.17, 15) is 35.1 Å². The number of esters is 1. The number of nitrogens with one attached hydrogen (secondary N) is 1. The molecule has 0 saturated carbocycles. The highest BCUT2D eigenvalue weighted by Crippen LogP contribution is 2.23. The Hall–Kier alpha value is -2.64. The molecule has 514 valence electrons. The highest BCUT2D eigenvalue weighted by molar-refractivity contribution is 5.76. The molecule has 0 aromatic carbocycles. The zero-order valence-electron chi connectivity index (χ0n) is 57.2. The molecule has 1 saturated heterocycles. The molecule has 0 aromatic heterocycles. The highest BCUT2D eigenvalue weighted by atomic mass is 16.7. The van der Waals surface area contributed by atoms with E-state index in [1.165, 1.54) is 263 Å². The molecule has 11 nitrogen and oxygen atoms in total. The van der Waals surface area contributed by atoms with Gasteiger partial charge in [-0.1, -0.05) is 318 Å². The maximum Gasteiger partial charge on any atom is 0.305 e. The molecule has 0 radical (unpaired) electrons. The van der Waals surface area contributed by atoms with Crippen molar-refractivity contribution in [2.75, 3.05) is 19.8 Å². The maximum atomic E-state index is 13.0. The molecule has 7 unspecified atom stereocenters. The van der Waals surface area contributed by atoms with Gasteiger partial charge in [-0.3, -0.25) is 9.59 Å². The summed E-state index contributed by atoms with van der Waals surface area (Å²) in [7, 11) is 0. The van der Waals surface area contributed by atoms with E-state index in [0.717, 1.165) is 64.2 Å². The molecular weight excluding hydrogens is 1100 g/mol. The van der Waals surface area contributed by atoms with Crippen molar-refractivity contribution >= 4 is 11.9 Å². The van der Waals surface area contributed by atoms with Gasteiger partial charge in [0, 0.05) is 12.8 Å². The van der Waals surface area contributed by atoms with E-state index < -0.39 is 49.5 Å². The number of carbonyl (C=O) groups excluding carboxylic acids is 2. The number of amides is 1. The van der Waals surface area contributed by atoms with Crippen LogP contribution in [0.25, 0.3) is 0 Å². The van der Waals surface area contributed by atoms with Crippen molar-refractivity contribution in [3.05, 3.63) is 60.8 Å². The van der Waals surface area contributed by atoms with Crippen LogP contribution in [0.2, 0.25) is 0 Å². The van der Waals surface area contributed by atoms with Crippen LogP contribution in [0.15, 0.2) is 60.8 Å². The third-order valence-electron chi connectivity index (χ3n) is 17.7. The number of rotatable bonds is 66. The lowest BCUT2D eigenvalue weighted by Crippen LogP contribution is -2.60. The van der Waals surface area contributed by atoms with Gasteiger partial charge in [-0.25, -0.2) is 0 Å². The summed E-state index contributed by atoms with van der Waals surface area (Å²) in [5, 5.41) is 54.2. The van der Waals surface area contributed by atoms with Crippen molar-refractivity contribution in [1.29, 1.82) is 0 Å². The van der Waals surface area contributed by atoms with Gasteiger partial charge >= 0.3 is 5.97 Å². The fourth-order valence-corrected chi connectivity index (χ4v) is 11.8. The van der Waals surface area contributed by atoms with Gasteiger partial charge in [0.05, 0.1) is 32.0 Å². The SMILES string of the molecule is C/C=C/CC/C=C/CC/C=C/C(O)C(COC1OC(CO)C(O)C(O)C1O)NC(=O)CCCCCCCCCCCCCCCCCCC/C=C\C/C=C\CCCCCCCCCCCCCOC(=O)CCCCCCCCCCCCCCCCCC. The monoisotopic (exact) mass is 1240 g/mol. The quantitative estimate of drug-likeness (QED) is 0.0195. The smallest absolute Gasteiger partial charge is 0.305 e. The number of aliphatic hydroxyl groups excluding tert-OH is 5. The summed E-state index contributed by atoms with van der Waals surface area (Å²) in [5.41, 5.74) is 0. The second kappa shape index (κ2) is 65.8. The fraction of sp³-hybridized carbons (Fsp3) is 0.844. The minimum atomic E-state index is -1.58. The lowest BCUT2D eigenvalue weighted by Gasteiger charge is -2.40. The summed E-state index contributed by atoms with van der Waals surface area (Å²) >= 11 is 0. The van der Waals surface area contributed by atoms with Crippen molar-refractivity contribution in [1.82, 2.24) is 5.32 Å². The Morgan fingerprint density at radius 3 is 1.25 bits per heavy atom. The Morgan fingerprint density at radius 2 is 0.818 bits per heavy atom. The van der Waals surface area contributed by atoms with Gasteiger partial charge < -0.3 is 45.1 Å². The lowest BCUT2D eigenvalue weighted by molar-refractivity contribution is -0.302. The number of carbonyl (C=O) groups is 2. The largest absolute Gasteiger partial charge is 0.466 e. The average Bonchev–Trinajstić information content (AvgIpc) is 3.48. The molecule has 11 heteroatoms. The second-order valence-electron chi connectivity index (χ2n) is 26.0. The summed E-state index contributed by atoms with van der Waals surface area (Å²) < 4.78 is 16.7. The van der Waals surface area contributed by atoms with Crippen molar-refractivity contribution < 1.29 is 49.3 Å². The predicted molar refractivity (Wildman–Crippen MR) is 370 cm³/mol. The Balaban J connectivity index is 1.89. The molecule has 0 bridgehead atoms. The number of unbranched alkanes of at least 4 members (excludes halogenated alkanes) is 45. The van der Waals surface area contributed by atoms with Crippen LogP contribution in [-0.2, 0) is 23.8 Å². The third kappa shape index (κ3) is 54.0. The first-order valence-electron chi connectivity index (χ1n) is 37.5. The van der Waals surface area contributed by atoms with E-state index >= 15 is 0 Å². The van der Waals surface area contributed by atoms with Gasteiger partial charge in [0.15, 0.2) is 6.29 Å². The topological polar surface area (TPSA) is 175 Å². The first-order valence-corrected chi connectivity index (χ1v) is 37.5. The Labute approximate surface area is 541 Å². The molecule has 1 rings (SSSR count). The Morgan fingerprint density at radius 1 is 0.443 bits per heavy atom. The highest BCUT2D eigenvalue weighted by Gasteiger charge is 2.44. The fourth-order valence-electron chi connectivity index (χ4n) is 11.8. The summed E-state index contributed by atoms with van der Waals surface area (Å²) in [5.74, 6) is -0.183. The van der Waals surface area contributed by atoms with Crippen LogP contribution in [0, 0.1) is 0 Å². The molecule has 88 heavy (non-hydrogen) atoms. The van der Waals surface area contributed by atoms with Gasteiger partial charge in [-0.15, -0.1) is 0 Å². The zero-order valence-corrected chi connectivity index (χ0v) is 57.2. The Kier molecular flexibility index (Phi) is 62.4. The minimum absolute atomic E-state index is 0.0133. The standard InChI is InChI=1S/C77H141NO10/c1-3-5-7-9-11-13-14-15-16-39-42-45-49-53-57-61-65-73(82)86-66-62-58-54-50-46-43-40-37-35-33-31-29-27-25-23-21-19-17-18-20-22-24-26-28-30-32-34-36-38-41-44-48-52-56-60-64-72(81)78-69(70(80)63-59-55-51-47-12-10-8-6-4-2)68-87-77-76(85)75(84)74(83)71(67-79)88-77/h4,6,12,19,21,25,27,47,59,63,69-71,74-77,79-80,83-85H,3,5,7-11,13-18,20,22-24,26,28-46,48-58,60-62,64-68H2,1-2H3,(H,78,81)/b6-4+,21-19-,27-25-,47-12+,63-59+. The van der Waals surface area contributed by atoms with Gasteiger partial charge in [-0.05, 0) is 84.0 Å². The molecule has 7 atom stereocenters. The molecule has 1 amide bonds. The molecule has 6 N–H and O–H groups in total. The van der Waals surface area contributed by atoms with Crippen molar-refractivity contribution in [3.63, 3.8) is 0 Å². The average molecular weight is 1240 g/mol. The molecular formula is C77H141NO10. The summed E-state index contributed by atoms with van der Waals surface area (Å²) in [6.45, 7) is 4.12. The summed E-state index contributed by atoms with van der Waals surface area (Å²) in [6.07, 6.45) is 78.5. The minimum Gasteiger partial charge on any atom is -0.466 e. The van der Waals surface area contributed by atoms with Gasteiger partial charge in [0.25, 0.3) is 0 Å². The molecule has 0 aliphatic carbocycles. The van der Waals surface area contributed by atoms with E-state index in [-0.39, 0.29) is 18.5 Å². The van der Waals surface area contributed by atoms with Crippen molar-refractivity contribution in [2.45, 2.75) is 397 Å². The first kappa shape index (κ1) is 83.4. The number of aliphatic hydroxyl groups is 5. The summed E-state index contributed by atoms with van der Waals surface area (Å²) in [4.78, 5) is 25.1. The Bertz CT molecular complexity index is 1650. The first-order chi connectivity index (χ1) is 43.2. The second-order valence-corrected chi connectivity index (χ2v) is 26.0. The van der Waals surface area contributed by atoms with Crippen molar-refractivity contribution in [2.24, 2.45) is 0 Å². The molecule has 1 fully saturated rings. The van der Waals surface area contributed by atoms with E-state index in [4.69, 9.17) is 14.2 Å². The van der Waals surface area contributed by atoms with E-state index in [1.54, 1.807) is 6.08 Å². The summed E-state index contributed by atoms with van der Waals surface area (Å²) in [6, 6.07) is -0.832. The molecule has 1 aliphatic rings. The predicted octanol–water partition coefficient (Wildman–Crippen LogP) is 19.7. The van der Waals surface area contributed by atoms with Crippen LogP contribution in [0.4, 0.5) is 0 Å².